The van der Waals surface area contributed by atoms with Crippen LogP contribution in [0.2, 0.25) is 0 Å². The third kappa shape index (κ3) is 2.66. The van der Waals surface area contributed by atoms with Crippen LogP contribution >= 0.6 is 0 Å². The molecule has 112 valence electrons. The van der Waals surface area contributed by atoms with E-state index in [0.717, 1.165) is 43.1 Å². The van der Waals surface area contributed by atoms with Gasteiger partial charge in [-0.15, -0.1) is 0 Å². The Balaban J connectivity index is 1.66. The maximum absolute atomic E-state index is 11.9. The summed E-state index contributed by atoms with van der Waals surface area (Å²) in [6, 6.07) is 6.15. The Morgan fingerprint density at radius 1 is 1.19 bits per heavy atom. The standard InChI is InChI=1S/C15H20N4O2/c1-17(2)15(21)19-7-5-18(6-8-19)12-3-4-13-11(9-12)10-14(20)16-13/h3-4,9H,5-8,10H2,1-2H3,(H,16,20). The van der Waals surface area contributed by atoms with Crippen LogP contribution in [-0.2, 0) is 11.2 Å². The van der Waals surface area contributed by atoms with Crippen molar-refractivity contribution in [3.05, 3.63) is 23.8 Å². The molecule has 1 aromatic carbocycles. The number of nitrogens with one attached hydrogen (secondary N) is 1. The van der Waals surface area contributed by atoms with Crippen LogP contribution in [-0.4, -0.2) is 62.0 Å². The lowest BCUT2D eigenvalue weighted by molar-refractivity contribution is -0.115. The van der Waals surface area contributed by atoms with Crippen molar-refractivity contribution in [1.29, 1.82) is 0 Å². The third-order valence-corrected chi connectivity index (χ3v) is 4.01. The lowest BCUT2D eigenvalue weighted by Crippen LogP contribution is -2.51. The highest BCUT2D eigenvalue weighted by atomic mass is 16.2. The third-order valence-electron chi connectivity index (χ3n) is 4.01. The first-order valence-electron chi connectivity index (χ1n) is 7.18. The topological polar surface area (TPSA) is 55.9 Å². The van der Waals surface area contributed by atoms with Gasteiger partial charge in [0.05, 0.1) is 6.42 Å². The molecule has 0 aromatic heterocycles. The minimum absolute atomic E-state index is 0.0588. The Hall–Kier alpha value is -2.24. The lowest BCUT2D eigenvalue weighted by atomic mass is 10.1. The van der Waals surface area contributed by atoms with E-state index in [4.69, 9.17) is 0 Å². The molecule has 3 rings (SSSR count). The van der Waals surface area contributed by atoms with E-state index < -0.39 is 0 Å². The summed E-state index contributed by atoms with van der Waals surface area (Å²) in [5, 5.41) is 2.85. The summed E-state index contributed by atoms with van der Waals surface area (Å²) in [5.41, 5.74) is 3.11. The molecule has 2 aliphatic rings. The fraction of sp³-hybridized carbons (Fsp3) is 0.467. The van der Waals surface area contributed by atoms with Crippen molar-refractivity contribution >= 4 is 23.3 Å². The number of piperazine rings is 1. The molecule has 6 heteroatoms. The molecule has 0 aliphatic carbocycles. The van der Waals surface area contributed by atoms with E-state index in [1.807, 2.05) is 17.0 Å². The summed E-state index contributed by atoms with van der Waals surface area (Å²) in [6.45, 7) is 3.09. The van der Waals surface area contributed by atoms with Crippen LogP contribution in [0.1, 0.15) is 5.56 Å². The first-order valence-corrected chi connectivity index (χ1v) is 7.18. The molecule has 21 heavy (non-hydrogen) atoms. The van der Waals surface area contributed by atoms with Gasteiger partial charge in [0.1, 0.15) is 0 Å². The van der Waals surface area contributed by atoms with E-state index in [1.165, 1.54) is 0 Å². The van der Waals surface area contributed by atoms with Gasteiger partial charge in [0.2, 0.25) is 5.91 Å². The van der Waals surface area contributed by atoms with Crippen LogP contribution in [0.3, 0.4) is 0 Å². The lowest BCUT2D eigenvalue weighted by Gasteiger charge is -2.37. The number of hydrogen-bond donors (Lipinski definition) is 1. The number of carbonyl (C=O) groups is 2. The van der Waals surface area contributed by atoms with Gasteiger partial charge in [0.15, 0.2) is 0 Å². The molecule has 0 spiro atoms. The number of amides is 3. The van der Waals surface area contributed by atoms with Crippen molar-refractivity contribution in [2.45, 2.75) is 6.42 Å². The average molecular weight is 288 g/mol. The minimum atomic E-state index is 0.0588. The first kappa shape index (κ1) is 13.7. The smallest absolute Gasteiger partial charge is 0.319 e. The number of nitrogens with zero attached hydrogens (tertiary/aromatic N) is 3. The molecule has 1 saturated heterocycles. The van der Waals surface area contributed by atoms with Gasteiger partial charge >= 0.3 is 6.03 Å². The van der Waals surface area contributed by atoms with Gasteiger partial charge in [-0.25, -0.2) is 4.79 Å². The van der Waals surface area contributed by atoms with Crippen LogP contribution in [0.25, 0.3) is 0 Å². The molecule has 6 nitrogen and oxygen atoms in total. The minimum Gasteiger partial charge on any atom is -0.368 e. The van der Waals surface area contributed by atoms with Crippen molar-refractivity contribution in [2.75, 3.05) is 50.5 Å². The van der Waals surface area contributed by atoms with Crippen LogP contribution in [0.5, 0.6) is 0 Å². The molecule has 0 saturated carbocycles. The number of rotatable bonds is 1. The van der Waals surface area contributed by atoms with Gasteiger partial charge < -0.3 is 20.0 Å². The highest BCUT2D eigenvalue weighted by Gasteiger charge is 2.24. The van der Waals surface area contributed by atoms with Crippen molar-refractivity contribution in [3.8, 4) is 0 Å². The molecule has 0 unspecified atom stereocenters. The summed E-state index contributed by atoms with van der Waals surface area (Å²) in [6.07, 6.45) is 0.461. The second-order valence-electron chi connectivity index (χ2n) is 5.72. The zero-order valence-corrected chi connectivity index (χ0v) is 12.4. The molecule has 2 heterocycles. The highest BCUT2D eigenvalue weighted by molar-refractivity contribution is 5.99. The maximum Gasteiger partial charge on any atom is 0.319 e. The number of anilines is 2. The first-order chi connectivity index (χ1) is 10.0. The van der Waals surface area contributed by atoms with Crippen molar-refractivity contribution < 1.29 is 9.59 Å². The molecule has 1 aromatic rings. The summed E-state index contributed by atoms with van der Waals surface area (Å²) in [5.74, 6) is 0.0588. The Morgan fingerprint density at radius 2 is 1.90 bits per heavy atom. The van der Waals surface area contributed by atoms with Crippen LogP contribution in [0.15, 0.2) is 18.2 Å². The number of fused-ring (bicyclic) bond motifs is 1. The van der Waals surface area contributed by atoms with Crippen molar-refractivity contribution in [1.82, 2.24) is 9.80 Å². The predicted molar refractivity (Wildman–Crippen MR) is 81.6 cm³/mol. The molecular formula is C15H20N4O2. The number of hydrogen-bond acceptors (Lipinski definition) is 3. The predicted octanol–water partition coefficient (Wildman–Crippen LogP) is 0.985. The van der Waals surface area contributed by atoms with E-state index in [9.17, 15) is 9.59 Å². The second-order valence-corrected chi connectivity index (χ2v) is 5.72. The molecule has 0 radical (unpaired) electrons. The monoisotopic (exact) mass is 288 g/mol. The van der Waals surface area contributed by atoms with Crippen molar-refractivity contribution in [2.24, 2.45) is 0 Å². The van der Waals surface area contributed by atoms with E-state index >= 15 is 0 Å². The molecule has 3 amide bonds. The van der Waals surface area contributed by atoms with Crippen LogP contribution in [0.4, 0.5) is 16.2 Å². The number of urea groups is 1. The average Bonchev–Trinajstić information content (AvgIpc) is 2.85. The summed E-state index contributed by atoms with van der Waals surface area (Å²) < 4.78 is 0. The SMILES string of the molecule is CN(C)C(=O)N1CCN(c2ccc3c(c2)CC(=O)N3)CC1. The van der Waals surface area contributed by atoms with E-state index in [2.05, 4.69) is 16.3 Å². The fourth-order valence-corrected chi connectivity index (χ4v) is 2.85. The van der Waals surface area contributed by atoms with Crippen LogP contribution < -0.4 is 10.2 Å². The molecule has 1 N–H and O–H groups in total. The summed E-state index contributed by atoms with van der Waals surface area (Å²) in [4.78, 5) is 29.1. The number of carbonyl (C=O) groups excluding carboxylic acids is 2. The van der Waals surface area contributed by atoms with Gasteiger partial charge in [-0.3, -0.25) is 4.79 Å². The summed E-state index contributed by atoms with van der Waals surface area (Å²) in [7, 11) is 3.55. The Bertz CT molecular complexity index is 577. The molecule has 0 bridgehead atoms. The molecule has 1 fully saturated rings. The van der Waals surface area contributed by atoms with E-state index in [1.54, 1.807) is 19.0 Å². The molecule has 2 aliphatic heterocycles. The molecule has 0 atom stereocenters. The van der Waals surface area contributed by atoms with Gasteiger partial charge in [-0.2, -0.15) is 0 Å². The Kier molecular flexibility index (Phi) is 3.45. The van der Waals surface area contributed by atoms with Crippen LogP contribution in [0, 0.1) is 0 Å². The van der Waals surface area contributed by atoms with E-state index in [0.29, 0.717) is 6.42 Å². The summed E-state index contributed by atoms with van der Waals surface area (Å²) >= 11 is 0. The Morgan fingerprint density at radius 3 is 2.57 bits per heavy atom. The fourth-order valence-electron chi connectivity index (χ4n) is 2.85. The van der Waals surface area contributed by atoms with Crippen molar-refractivity contribution in [3.63, 3.8) is 0 Å². The Labute approximate surface area is 124 Å². The van der Waals surface area contributed by atoms with Gasteiger partial charge in [-0.1, -0.05) is 0 Å². The highest BCUT2D eigenvalue weighted by Crippen LogP contribution is 2.28. The van der Waals surface area contributed by atoms with E-state index in [-0.39, 0.29) is 11.9 Å². The maximum atomic E-state index is 11.9. The number of benzene rings is 1. The largest absolute Gasteiger partial charge is 0.368 e. The zero-order chi connectivity index (χ0) is 15.0. The quantitative estimate of drug-likeness (QED) is 0.838. The van der Waals surface area contributed by atoms with Gasteiger partial charge in [-0.05, 0) is 23.8 Å². The molecular weight excluding hydrogens is 268 g/mol. The van der Waals surface area contributed by atoms with Gasteiger partial charge in [0, 0.05) is 51.6 Å². The normalized spacial score (nSPS) is 17.5. The zero-order valence-electron chi connectivity index (χ0n) is 12.4. The second kappa shape index (κ2) is 5.27. The van der Waals surface area contributed by atoms with Gasteiger partial charge in [0.25, 0.3) is 0 Å².